The largest absolute Gasteiger partial charge is 0.502 e. The molecule has 3 aromatic rings. The van der Waals surface area contributed by atoms with Crippen LogP contribution in [-0.2, 0) is 4.79 Å². The molecule has 3 N–H and O–H groups in total. The van der Waals surface area contributed by atoms with Crippen LogP contribution in [0.5, 0.6) is 17.2 Å². The Bertz CT molecular complexity index is 1280. The van der Waals surface area contributed by atoms with Gasteiger partial charge < -0.3 is 29.7 Å². The van der Waals surface area contributed by atoms with E-state index in [1.54, 1.807) is 24.3 Å². The van der Waals surface area contributed by atoms with Gasteiger partial charge in [0.2, 0.25) is 11.7 Å². The van der Waals surface area contributed by atoms with Crippen LogP contribution in [0.3, 0.4) is 0 Å². The SMILES string of the molecule is CCCCOc1cc(/C=C/C(=O)N2CCN(c3ccc(NC(=N)c4cccs4)cc3)CC2)cc(OCCCC)c1O.Cl. The molecule has 10 heteroatoms. The second-order valence-corrected chi connectivity index (χ2v) is 10.9. The lowest BCUT2D eigenvalue weighted by molar-refractivity contribution is -0.126. The smallest absolute Gasteiger partial charge is 0.246 e. The molecule has 1 saturated heterocycles. The first-order chi connectivity index (χ1) is 20.0. The number of ether oxygens (including phenoxy) is 2. The molecular formula is C32H41ClN4O4S. The number of nitrogens with one attached hydrogen (secondary N) is 2. The predicted octanol–water partition coefficient (Wildman–Crippen LogP) is 7.03. The second-order valence-electron chi connectivity index (χ2n) is 9.94. The van der Waals surface area contributed by atoms with Crippen molar-refractivity contribution in [1.82, 2.24) is 4.90 Å². The van der Waals surface area contributed by atoms with E-state index in [1.165, 1.54) is 11.3 Å². The molecule has 226 valence electrons. The highest BCUT2D eigenvalue weighted by Crippen LogP contribution is 2.38. The van der Waals surface area contributed by atoms with Crippen molar-refractivity contribution in [2.75, 3.05) is 49.6 Å². The van der Waals surface area contributed by atoms with Crippen LogP contribution in [0.25, 0.3) is 6.08 Å². The summed E-state index contributed by atoms with van der Waals surface area (Å²) in [4.78, 5) is 18.0. The summed E-state index contributed by atoms with van der Waals surface area (Å²) < 4.78 is 11.6. The number of amides is 1. The molecule has 42 heavy (non-hydrogen) atoms. The summed E-state index contributed by atoms with van der Waals surface area (Å²) in [6.45, 7) is 7.91. The second kappa shape index (κ2) is 16.7. The van der Waals surface area contributed by atoms with Gasteiger partial charge in [0.1, 0.15) is 5.84 Å². The molecule has 0 radical (unpaired) electrons. The van der Waals surface area contributed by atoms with Crippen molar-refractivity contribution in [3.05, 3.63) is 70.4 Å². The first-order valence-electron chi connectivity index (χ1n) is 14.3. The molecule has 1 aromatic heterocycles. The molecule has 1 aliphatic heterocycles. The van der Waals surface area contributed by atoms with Crippen molar-refractivity contribution < 1.29 is 19.4 Å². The Balaban J connectivity index is 0.00000484. The molecule has 1 aliphatic rings. The summed E-state index contributed by atoms with van der Waals surface area (Å²) >= 11 is 1.54. The van der Waals surface area contributed by atoms with E-state index in [0.29, 0.717) is 43.6 Å². The topological polar surface area (TPSA) is 98.1 Å². The van der Waals surface area contributed by atoms with Gasteiger partial charge in [0.05, 0.1) is 18.1 Å². The van der Waals surface area contributed by atoms with Gasteiger partial charge >= 0.3 is 0 Å². The molecule has 1 fully saturated rings. The molecule has 0 atom stereocenters. The van der Waals surface area contributed by atoms with Crippen molar-refractivity contribution in [3.8, 4) is 17.2 Å². The van der Waals surface area contributed by atoms with Gasteiger partial charge in [0.15, 0.2) is 11.5 Å². The standard InChI is InChI=1S/C32H40N4O4S.ClH/c1-3-5-19-39-27-22-24(23-28(31(27)38)40-20-6-4-2)9-14-30(37)36-17-15-35(16-18-36)26-12-10-25(11-13-26)34-32(33)29-8-7-21-41-29;/h7-14,21-23,38H,3-6,15-20H2,1-2H3,(H2,33,34);1H/b14-9+;. The van der Waals surface area contributed by atoms with E-state index in [9.17, 15) is 9.90 Å². The molecule has 1 amide bonds. The number of rotatable bonds is 13. The predicted molar refractivity (Wildman–Crippen MR) is 175 cm³/mol. The maximum absolute atomic E-state index is 13.0. The number of piperazine rings is 1. The maximum Gasteiger partial charge on any atom is 0.246 e. The van der Waals surface area contributed by atoms with Crippen LogP contribution in [0.4, 0.5) is 11.4 Å². The third kappa shape index (κ3) is 9.16. The summed E-state index contributed by atoms with van der Waals surface area (Å²) in [5.41, 5.74) is 2.71. The number of phenols is 1. The summed E-state index contributed by atoms with van der Waals surface area (Å²) in [5.74, 6) is 1.09. The summed E-state index contributed by atoms with van der Waals surface area (Å²) in [6, 6.07) is 15.4. The van der Waals surface area contributed by atoms with Crippen LogP contribution >= 0.6 is 23.7 Å². The van der Waals surface area contributed by atoms with Crippen LogP contribution < -0.4 is 19.7 Å². The Morgan fingerprint density at radius 1 is 1.00 bits per heavy atom. The molecular weight excluding hydrogens is 572 g/mol. The number of thiophene rings is 1. The first-order valence-corrected chi connectivity index (χ1v) is 15.2. The minimum atomic E-state index is -0.0498. The zero-order valence-electron chi connectivity index (χ0n) is 24.3. The number of benzene rings is 2. The molecule has 4 rings (SSSR count). The van der Waals surface area contributed by atoms with Crippen molar-refractivity contribution in [2.45, 2.75) is 39.5 Å². The number of nitrogens with zero attached hydrogens (tertiary/aromatic N) is 2. The van der Waals surface area contributed by atoms with Crippen LogP contribution in [0.15, 0.2) is 60.0 Å². The van der Waals surface area contributed by atoms with Gasteiger partial charge in [-0.05, 0) is 72.3 Å². The van der Waals surface area contributed by atoms with E-state index < -0.39 is 0 Å². The zero-order valence-corrected chi connectivity index (χ0v) is 25.9. The Labute approximate surface area is 258 Å². The number of amidine groups is 1. The Hall–Kier alpha value is -3.69. The van der Waals surface area contributed by atoms with Crippen LogP contribution in [-0.4, -0.2) is 61.1 Å². The molecule has 0 unspecified atom stereocenters. The highest BCUT2D eigenvalue weighted by Gasteiger charge is 2.20. The van der Waals surface area contributed by atoms with Crippen molar-refractivity contribution in [2.24, 2.45) is 0 Å². The molecule has 0 saturated carbocycles. The maximum atomic E-state index is 13.0. The molecule has 0 bridgehead atoms. The zero-order chi connectivity index (χ0) is 29.0. The number of carbonyl (C=O) groups is 1. The normalized spacial score (nSPS) is 13.1. The summed E-state index contributed by atoms with van der Waals surface area (Å²) in [7, 11) is 0. The highest BCUT2D eigenvalue weighted by atomic mass is 35.5. The molecule has 0 aliphatic carbocycles. The number of anilines is 2. The fourth-order valence-electron chi connectivity index (χ4n) is 4.41. The molecule has 8 nitrogen and oxygen atoms in total. The fourth-order valence-corrected chi connectivity index (χ4v) is 5.04. The van der Waals surface area contributed by atoms with Gasteiger partial charge in [0.25, 0.3) is 0 Å². The Kier molecular flexibility index (Phi) is 13.0. The van der Waals surface area contributed by atoms with Gasteiger partial charge in [0, 0.05) is 43.6 Å². The highest BCUT2D eigenvalue weighted by molar-refractivity contribution is 7.12. The van der Waals surface area contributed by atoms with Crippen molar-refractivity contribution >= 4 is 52.9 Å². The number of hydrogen-bond donors (Lipinski definition) is 3. The van der Waals surface area contributed by atoms with Gasteiger partial charge in [-0.3, -0.25) is 10.2 Å². The number of phenolic OH excluding ortho intramolecular Hbond substituents is 1. The fraction of sp³-hybridized carbons (Fsp3) is 0.375. The minimum Gasteiger partial charge on any atom is -0.502 e. The Morgan fingerprint density at radius 3 is 2.17 bits per heavy atom. The number of aromatic hydroxyl groups is 1. The lowest BCUT2D eigenvalue weighted by Crippen LogP contribution is -2.48. The van der Waals surface area contributed by atoms with Crippen LogP contribution in [0, 0.1) is 5.41 Å². The average Bonchev–Trinajstić information content (AvgIpc) is 3.54. The third-order valence-electron chi connectivity index (χ3n) is 6.85. The minimum absolute atomic E-state index is 0. The van der Waals surface area contributed by atoms with E-state index in [4.69, 9.17) is 14.9 Å². The van der Waals surface area contributed by atoms with E-state index >= 15 is 0 Å². The number of halogens is 1. The lowest BCUT2D eigenvalue weighted by Gasteiger charge is -2.35. The van der Waals surface area contributed by atoms with E-state index in [1.807, 2.05) is 46.7 Å². The van der Waals surface area contributed by atoms with Gasteiger partial charge in [-0.1, -0.05) is 32.8 Å². The third-order valence-corrected chi connectivity index (χ3v) is 7.74. The lowest BCUT2D eigenvalue weighted by atomic mass is 10.1. The van der Waals surface area contributed by atoms with Gasteiger partial charge in [-0.25, -0.2) is 0 Å². The average molecular weight is 613 g/mol. The van der Waals surface area contributed by atoms with E-state index in [0.717, 1.165) is 60.6 Å². The molecule has 0 spiro atoms. The van der Waals surface area contributed by atoms with Crippen LogP contribution in [0.1, 0.15) is 50.0 Å². The summed E-state index contributed by atoms with van der Waals surface area (Å²) in [5, 5.41) is 23.9. The Morgan fingerprint density at radius 2 is 1.62 bits per heavy atom. The molecule has 2 aromatic carbocycles. The van der Waals surface area contributed by atoms with E-state index in [-0.39, 0.29) is 24.1 Å². The number of carbonyl (C=O) groups excluding carboxylic acids is 1. The van der Waals surface area contributed by atoms with Gasteiger partial charge in [-0.2, -0.15) is 0 Å². The van der Waals surface area contributed by atoms with Crippen molar-refractivity contribution in [3.63, 3.8) is 0 Å². The van der Waals surface area contributed by atoms with Gasteiger partial charge in [-0.15, -0.1) is 23.7 Å². The number of hydrogen-bond acceptors (Lipinski definition) is 7. The first kappa shape index (κ1) is 32.8. The van der Waals surface area contributed by atoms with E-state index in [2.05, 4.69) is 24.1 Å². The summed E-state index contributed by atoms with van der Waals surface area (Å²) in [6.07, 6.45) is 7.09. The monoisotopic (exact) mass is 612 g/mol. The molecule has 2 heterocycles. The number of unbranched alkanes of at least 4 members (excludes halogenated alkanes) is 2. The van der Waals surface area contributed by atoms with Crippen molar-refractivity contribution in [1.29, 1.82) is 5.41 Å². The quantitative estimate of drug-likeness (QED) is 0.0829. The van der Waals surface area contributed by atoms with Crippen LogP contribution in [0.2, 0.25) is 0 Å².